The minimum atomic E-state index is -4.11. The molecule has 0 saturated carbocycles. The molecule has 208 valence electrons. The Labute approximate surface area is 236 Å². The molecule has 0 saturated heterocycles. The van der Waals surface area contributed by atoms with Gasteiger partial charge in [-0.05, 0) is 75.6 Å². The van der Waals surface area contributed by atoms with Gasteiger partial charge in [-0.15, -0.1) is 0 Å². The van der Waals surface area contributed by atoms with Crippen LogP contribution < -0.4 is 9.62 Å². The van der Waals surface area contributed by atoms with Gasteiger partial charge in [-0.3, -0.25) is 13.9 Å². The number of carbonyl (C=O) groups excluding carboxylic acids is 2. The monoisotopic (exact) mass is 569 g/mol. The van der Waals surface area contributed by atoms with Gasteiger partial charge < -0.3 is 10.2 Å². The lowest BCUT2D eigenvalue weighted by molar-refractivity contribution is -0.140. The Bertz CT molecular complexity index is 1400. The SMILES string of the molecule is CCc1ccccc1N(CC(=O)N(Cc1cccc(Cl)c1)C(C)C(=O)NC(C)(C)C)S(=O)(=O)c1ccccc1. The fourth-order valence-electron chi connectivity index (χ4n) is 4.17. The molecule has 3 rings (SSSR count). The van der Waals surface area contributed by atoms with E-state index >= 15 is 0 Å². The summed E-state index contributed by atoms with van der Waals surface area (Å²) in [4.78, 5) is 28.7. The Balaban J connectivity index is 2.07. The molecule has 2 amide bonds. The molecule has 3 aromatic carbocycles. The molecular weight excluding hydrogens is 534 g/mol. The van der Waals surface area contributed by atoms with Gasteiger partial charge in [0.1, 0.15) is 12.6 Å². The highest BCUT2D eigenvalue weighted by atomic mass is 35.5. The number of para-hydroxylation sites is 1. The van der Waals surface area contributed by atoms with E-state index < -0.39 is 34.1 Å². The van der Waals surface area contributed by atoms with E-state index in [4.69, 9.17) is 11.6 Å². The highest BCUT2D eigenvalue weighted by molar-refractivity contribution is 7.92. The molecule has 0 aliphatic carbocycles. The third kappa shape index (κ3) is 7.83. The van der Waals surface area contributed by atoms with Gasteiger partial charge in [0.25, 0.3) is 10.0 Å². The van der Waals surface area contributed by atoms with E-state index in [1.807, 2.05) is 45.9 Å². The van der Waals surface area contributed by atoms with Crippen LogP contribution in [-0.2, 0) is 32.6 Å². The molecule has 1 atom stereocenters. The molecule has 0 spiro atoms. The van der Waals surface area contributed by atoms with Gasteiger partial charge in [-0.2, -0.15) is 0 Å². The van der Waals surface area contributed by atoms with Crippen LogP contribution in [-0.4, -0.2) is 43.3 Å². The van der Waals surface area contributed by atoms with Crippen molar-refractivity contribution in [1.82, 2.24) is 10.2 Å². The Kier molecular flexibility index (Phi) is 9.80. The Hall–Kier alpha value is -3.36. The summed E-state index contributed by atoms with van der Waals surface area (Å²) in [7, 11) is -4.11. The van der Waals surface area contributed by atoms with Gasteiger partial charge in [0.05, 0.1) is 10.6 Å². The fraction of sp³-hybridized carbons (Fsp3) is 0.333. The van der Waals surface area contributed by atoms with Gasteiger partial charge in [-0.1, -0.05) is 67.1 Å². The summed E-state index contributed by atoms with van der Waals surface area (Å²) in [5.41, 5.74) is 1.41. The average Bonchev–Trinajstić information content (AvgIpc) is 2.89. The van der Waals surface area contributed by atoms with Gasteiger partial charge in [0, 0.05) is 17.1 Å². The van der Waals surface area contributed by atoms with Crippen molar-refractivity contribution in [2.24, 2.45) is 0 Å². The van der Waals surface area contributed by atoms with Crippen LogP contribution in [0.2, 0.25) is 5.02 Å². The smallest absolute Gasteiger partial charge is 0.264 e. The zero-order valence-electron chi connectivity index (χ0n) is 23.0. The molecule has 3 aromatic rings. The largest absolute Gasteiger partial charge is 0.350 e. The molecule has 0 aromatic heterocycles. The number of halogens is 1. The Morgan fingerprint density at radius 1 is 0.949 bits per heavy atom. The molecule has 9 heteroatoms. The predicted octanol–water partition coefficient (Wildman–Crippen LogP) is 5.43. The van der Waals surface area contributed by atoms with Gasteiger partial charge in [0.15, 0.2) is 0 Å². The zero-order chi connectivity index (χ0) is 28.8. The molecule has 0 bridgehead atoms. The van der Waals surface area contributed by atoms with Crippen LogP contribution in [0, 0.1) is 0 Å². The van der Waals surface area contributed by atoms with Crippen LogP contribution >= 0.6 is 11.6 Å². The van der Waals surface area contributed by atoms with Crippen LogP contribution in [0.3, 0.4) is 0 Å². The summed E-state index contributed by atoms with van der Waals surface area (Å²) in [6.45, 7) is 8.73. The van der Waals surface area contributed by atoms with Gasteiger partial charge >= 0.3 is 0 Å². The number of sulfonamides is 1. The standard InChI is InChI=1S/C30H36ClN3O4S/c1-6-24-14-10-11-18-27(24)34(39(37,38)26-16-8-7-9-17-26)21-28(35)33(20-23-13-12-15-25(31)19-23)22(2)29(36)32-30(3,4)5/h7-19,22H,6,20-21H2,1-5H3,(H,32,36). The maximum Gasteiger partial charge on any atom is 0.264 e. The zero-order valence-corrected chi connectivity index (χ0v) is 24.6. The number of aryl methyl sites for hydroxylation is 1. The molecule has 0 fully saturated rings. The van der Waals surface area contributed by atoms with Crippen LogP contribution in [0.4, 0.5) is 5.69 Å². The summed E-state index contributed by atoms with van der Waals surface area (Å²) >= 11 is 6.19. The van der Waals surface area contributed by atoms with Crippen molar-refractivity contribution >= 4 is 39.1 Å². The summed E-state index contributed by atoms with van der Waals surface area (Å²) in [6, 6.07) is 21.3. The first kappa shape index (κ1) is 30.2. The Morgan fingerprint density at radius 2 is 1.59 bits per heavy atom. The van der Waals surface area contributed by atoms with Crippen LogP contribution in [0.1, 0.15) is 45.7 Å². The first-order valence-corrected chi connectivity index (χ1v) is 14.7. The second-order valence-corrected chi connectivity index (χ2v) is 12.7. The van der Waals surface area contributed by atoms with Crippen LogP contribution in [0.5, 0.6) is 0 Å². The third-order valence-corrected chi connectivity index (χ3v) is 8.17. The van der Waals surface area contributed by atoms with Crippen molar-refractivity contribution < 1.29 is 18.0 Å². The van der Waals surface area contributed by atoms with E-state index in [0.29, 0.717) is 17.1 Å². The molecule has 1 unspecified atom stereocenters. The third-order valence-electron chi connectivity index (χ3n) is 6.16. The fourth-order valence-corrected chi connectivity index (χ4v) is 5.86. The normalized spacial score (nSPS) is 12.5. The minimum Gasteiger partial charge on any atom is -0.350 e. The first-order chi connectivity index (χ1) is 18.3. The number of hydrogen-bond acceptors (Lipinski definition) is 4. The van der Waals surface area contributed by atoms with Crippen molar-refractivity contribution in [3.8, 4) is 0 Å². The molecule has 7 nitrogen and oxygen atoms in total. The van der Waals surface area contributed by atoms with E-state index in [1.165, 1.54) is 17.0 Å². The van der Waals surface area contributed by atoms with E-state index in [0.717, 1.165) is 15.4 Å². The number of nitrogens with one attached hydrogen (secondary N) is 1. The van der Waals surface area contributed by atoms with Crippen molar-refractivity contribution in [2.45, 2.75) is 64.1 Å². The highest BCUT2D eigenvalue weighted by Gasteiger charge is 2.34. The lowest BCUT2D eigenvalue weighted by Crippen LogP contribution is -2.54. The second kappa shape index (κ2) is 12.7. The topological polar surface area (TPSA) is 86.8 Å². The summed E-state index contributed by atoms with van der Waals surface area (Å²) in [5.74, 6) is -0.860. The summed E-state index contributed by atoms with van der Waals surface area (Å²) in [5, 5.41) is 3.42. The number of carbonyl (C=O) groups is 2. The van der Waals surface area contributed by atoms with Crippen LogP contribution in [0.15, 0.2) is 83.8 Å². The van der Waals surface area contributed by atoms with E-state index in [2.05, 4.69) is 5.32 Å². The number of benzene rings is 3. The van der Waals surface area contributed by atoms with Crippen molar-refractivity contribution in [2.75, 3.05) is 10.8 Å². The van der Waals surface area contributed by atoms with Crippen molar-refractivity contribution in [3.63, 3.8) is 0 Å². The summed E-state index contributed by atoms with van der Waals surface area (Å²) in [6.07, 6.45) is 0.571. The lowest BCUT2D eigenvalue weighted by Gasteiger charge is -2.34. The number of hydrogen-bond donors (Lipinski definition) is 1. The van der Waals surface area contributed by atoms with E-state index in [9.17, 15) is 18.0 Å². The van der Waals surface area contributed by atoms with Gasteiger partial charge in [0.2, 0.25) is 11.8 Å². The van der Waals surface area contributed by atoms with Crippen molar-refractivity contribution in [3.05, 3.63) is 95.0 Å². The van der Waals surface area contributed by atoms with Crippen LogP contribution in [0.25, 0.3) is 0 Å². The molecule has 1 N–H and O–H groups in total. The predicted molar refractivity (Wildman–Crippen MR) is 156 cm³/mol. The molecular formula is C30H36ClN3O4S. The molecule has 39 heavy (non-hydrogen) atoms. The molecule has 0 heterocycles. The first-order valence-electron chi connectivity index (χ1n) is 12.8. The maximum absolute atomic E-state index is 14.0. The number of nitrogens with zero attached hydrogens (tertiary/aromatic N) is 2. The van der Waals surface area contributed by atoms with E-state index in [1.54, 1.807) is 55.5 Å². The second-order valence-electron chi connectivity index (χ2n) is 10.4. The summed E-state index contributed by atoms with van der Waals surface area (Å²) < 4.78 is 29.0. The maximum atomic E-state index is 14.0. The minimum absolute atomic E-state index is 0.0728. The quantitative estimate of drug-likeness (QED) is 0.353. The van der Waals surface area contributed by atoms with Gasteiger partial charge in [-0.25, -0.2) is 8.42 Å². The molecule has 0 radical (unpaired) electrons. The highest BCUT2D eigenvalue weighted by Crippen LogP contribution is 2.28. The Morgan fingerprint density at radius 3 is 2.21 bits per heavy atom. The molecule has 0 aliphatic rings. The van der Waals surface area contributed by atoms with Crippen molar-refractivity contribution in [1.29, 1.82) is 0 Å². The number of amides is 2. The molecule has 0 aliphatic heterocycles. The lowest BCUT2D eigenvalue weighted by atomic mass is 10.1. The average molecular weight is 570 g/mol. The number of anilines is 1. The number of rotatable bonds is 10. The van der Waals surface area contributed by atoms with E-state index in [-0.39, 0.29) is 17.3 Å².